The molecule has 0 fully saturated rings. The minimum Gasteiger partial charge on any atom is -0.491 e. The Morgan fingerprint density at radius 3 is 2.50 bits per heavy atom. The lowest BCUT2D eigenvalue weighted by atomic mass is 10.0. The smallest absolute Gasteiger partial charge is 0.246 e. The van der Waals surface area contributed by atoms with Crippen LogP contribution < -0.4 is 10.1 Å². The Balaban J connectivity index is 1.91. The lowest BCUT2D eigenvalue weighted by Gasteiger charge is -2.34. The average molecular weight is 438 g/mol. The lowest BCUT2D eigenvalue weighted by molar-refractivity contribution is -0.140. The number of para-hydroxylation sites is 1. The van der Waals surface area contributed by atoms with Gasteiger partial charge in [0, 0.05) is 31.0 Å². The van der Waals surface area contributed by atoms with Gasteiger partial charge in [0.25, 0.3) is 0 Å². The normalized spacial score (nSPS) is 17.7. The van der Waals surface area contributed by atoms with Crippen LogP contribution in [-0.2, 0) is 22.6 Å². The van der Waals surface area contributed by atoms with Crippen molar-refractivity contribution in [3.05, 3.63) is 65.7 Å². The molecule has 1 N–H and O–H groups in total. The maximum atomic E-state index is 13.9. The van der Waals surface area contributed by atoms with Crippen LogP contribution in [0.5, 0.6) is 5.75 Å². The van der Waals surface area contributed by atoms with E-state index in [0.29, 0.717) is 26.1 Å². The van der Waals surface area contributed by atoms with Crippen LogP contribution in [0.15, 0.2) is 54.6 Å². The first-order valence-electron chi connectivity index (χ1n) is 11.4. The van der Waals surface area contributed by atoms with Gasteiger partial charge in [0.1, 0.15) is 18.4 Å². The summed E-state index contributed by atoms with van der Waals surface area (Å²) in [6.45, 7) is 5.42. The van der Waals surface area contributed by atoms with Gasteiger partial charge in [-0.15, -0.1) is 0 Å². The van der Waals surface area contributed by atoms with Gasteiger partial charge in [0.05, 0.1) is 6.04 Å². The van der Waals surface area contributed by atoms with Gasteiger partial charge in [-0.05, 0) is 32.1 Å². The first-order valence-corrected chi connectivity index (χ1v) is 11.4. The van der Waals surface area contributed by atoms with Crippen molar-refractivity contribution in [2.75, 3.05) is 27.2 Å². The zero-order valence-electron chi connectivity index (χ0n) is 19.6. The van der Waals surface area contributed by atoms with Gasteiger partial charge < -0.3 is 19.9 Å². The summed E-state index contributed by atoms with van der Waals surface area (Å²) in [7, 11) is 3.99. The number of likely N-dealkylation sites (N-methyl/N-ethyl adjacent to an activating group) is 1. The van der Waals surface area contributed by atoms with Crippen molar-refractivity contribution in [2.45, 2.75) is 45.3 Å². The molecule has 0 spiro atoms. The topological polar surface area (TPSA) is 61.9 Å². The Labute approximate surface area is 191 Å². The fraction of sp³-hybridized carbons (Fsp3) is 0.462. The summed E-state index contributed by atoms with van der Waals surface area (Å²) in [6, 6.07) is 17.0. The summed E-state index contributed by atoms with van der Waals surface area (Å²) < 4.78 is 6.07. The number of fused-ring (bicyclic) bond motifs is 1. The van der Waals surface area contributed by atoms with Crippen molar-refractivity contribution in [3.63, 3.8) is 0 Å². The van der Waals surface area contributed by atoms with Crippen molar-refractivity contribution in [1.29, 1.82) is 0 Å². The SMILES string of the molecule is CC[C@H](C)C(=O)N[C@@H](Cc1ccccc1)C(=O)N1Cc2ccccc2OC[C@H]1CN(C)C. The molecule has 0 radical (unpaired) electrons. The van der Waals surface area contributed by atoms with E-state index in [1.165, 1.54) is 0 Å². The van der Waals surface area contributed by atoms with Gasteiger partial charge >= 0.3 is 0 Å². The fourth-order valence-corrected chi connectivity index (χ4v) is 3.94. The summed E-state index contributed by atoms with van der Waals surface area (Å²) in [5.41, 5.74) is 2.00. The Morgan fingerprint density at radius 1 is 1.12 bits per heavy atom. The molecule has 2 amide bonds. The second-order valence-corrected chi connectivity index (χ2v) is 8.86. The number of hydrogen-bond acceptors (Lipinski definition) is 4. The molecule has 0 aliphatic carbocycles. The molecular weight excluding hydrogens is 402 g/mol. The second-order valence-electron chi connectivity index (χ2n) is 8.86. The van der Waals surface area contributed by atoms with E-state index < -0.39 is 6.04 Å². The first-order chi connectivity index (χ1) is 15.4. The number of nitrogens with zero attached hydrogens (tertiary/aromatic N) is 2. The zero-order valence-corrected chi connectivity index (χ0v) is 19.6. The van der Waals surface area contributed by atoms with E-state index in [9.17, 15) is 9.59 Å². The monoisotopic (exact) mass is 437 g/mol. The van der Waals surface area contributed by atoms with Crippen LogP contribution in [0.2, 0.25) is 0 Å². The van der Waals surface area contributed by atoms with Crippen LogP contribution in [0.3, 0.4) is 0 Å². The summed E-state index contributed by atoms with van der Waals surface area (Å²) in [5.74, 6) is 0.511. The van der Waals surface area contributed by atoms with E-state index in [0.717, 1.165) is 23.3 Å². The minimum atomic E-state index is -0.631. The summed E-state index contributed by atoms with van der Waals surface area (Å²) >= 11 is 0. The van der Waals surface area contributed by atoms with E-state index >= 15 is 0 Å². The first kappa shape index (κ1) is 23.8. The third-order valence-corrected chi connectivity index (χ3v) is 6.00. The molecule has 3 rings (SSSR count). The van der Waals surface area contributed by atoms with Crippen molar-refractivity contribution >= 4 is 11.8 Å². The molecule has 1 aliphatic heterocycles. The molecule has 2 aromatic rings. The van der Waals surface area contributed by atoms with E-state index in [4.69, 9.17) is 4.74 Å². The third kappa shape index (κ3) is 6.10. The van der Waals surface area contributed by atoms with Gasteiger partial charge in [-0.1, -0.05) is 62.4 Å². The van der Waals surface area contributed by atoms with Crippen molar-refractivity contribution in [2.24, 2.45) is 5.92 Å². The van der Waals surface area contributed by atoms with Crippen LogP contribution in [0.1, 0.15) is 31.4 Å². The lowest BCUT2D eigenvalue weighted by Crippen LogP contribution is -2.55. The molecule has 1 aliphatic rings. The molecule has 2 aromatic carbocycles. The maximum absolute atomic E-state index is 13.9. The van der Waals surface area contributed by atoms with E-state index in [-0.39, 0.29) is 23.8 Å². The molecule has 0 unspecified atom stereocenters. The molecule has 0 bridgehead atoms. The number of hydrogen-bond donors (Lipinski definition) is 1. The Bertz CT molecular complexity index is 900. The minimum absolute atomic E-state index is 0.0716. The number of carbonyl (C=O) groups excluding carboxylic acids is 2. The standard InChI is InChI=1S/C26H35N3O3/c1-5-19(2)25(30)27-23(15-20-11-7-6-8-12-20)26(31)29-16-21-13-9-10-14-24(21)32-18-22(29)17-28(3)4/h6-14,19,22-23H,5,15-18H2,1-4H3,(H,27,30)/t19-,22+,23-/m0/s1. The molecule has 172 valence electrons. The maximum Gasteiger partial charge on any atom is 0.246 e. The number of ether oxygens (including phenoxy) is 1. The molecule has 0 saturated heterocycles. The quantitative estimate of drug-likeness (QED) is 0.689. The Kier molecular flexibility index (Phi) is 8.28. The molecule has 3 atom stereocenters. The van der Waals surface area contributed by atoms with Crippen LogP contribution in [0, 0.1) is 5.92 Å². The van der Waals surface area contributed by atoms with Crippen LogP contribution in [0.4, 0.5) is 0 Å². The molecule has 6 nitrogen and oxygen atoms in total. The van der Waals surface area contributed by atoms with E-state index in [2.05, 4.69) is 10.2 Å². The van der Waals surface area contributed by atoms with Gasteiger partial charge in [0.15, 0.2) is 0 Å². The highest BCUT2D eigenvalue weighted by atomic mass is 16.5. The van der Waals surface area contributed by atoms with Crippen molar-refractivity contribution < 1.29 is 14.3 Å². The summed E-state index contributed by atoms with van der Waals surface area (Å²) in [6.07, 6.45) is 1.18. The number of rotatable bonds is 8. The Morgan fingerprint density at radius 2 is 1.81 bits per heavy atom. The number of benzene rings is 2. The fourth-order valence-electron chi connectivity index (χ4n) is 3.94. The molecule has 1 heterocycles. The van der Waals surface area contributed by atoms with Crippen molar-refractivity contribution in [3.8, 4) is 5.75 Å². The van der Waals surface area contributed by atoms with Crippen LogP contribution in [0.25, 0.3) is 0 Å². The molecule has 0 saturated carbocycles. The molecular formula is C26H35N3O3. The summed E-state index contributed by atoms with van der Waals surface area (Å²) in [5, 5.41) is 3.05. The third-order valence-electron chi connectivity index (χ3n) is 6.00. The highest BCUT2D eigenvalue weighted by Crippen LogP contribution is 2.26. The predicted octanol–water partition coefficient (Wildman–Crippen LogP) is 3.11. The summed E-state index contributed by atoms with van der Waals surface area (Å²) in [4.78, 5) is 30.7. The van der Waals surface area contributed by atoms with Crippen LogP contribution >= 0.6 is 0 Å². The molecule has 6 heteroatoms. The largest absolute Gasteiger partial charge is 0.491 e. The highest BCUT2D eigenvalue weighted by molar-refractivity contribution is 5.89. The molecule has 32 heavy (non-hydrogen) atoms. The van der Waals surface area contributed by atoms with E-state index in [1.807, 2.05) is 87.4 Å². The van der Waals surface area contributed by atoms with Crippen molar-refractivity contribution in [1.82, 2.24) is 15.1 Å². The van der Waals surface area contributed by atoms with Crippen LogP contribution in [-0.4, -0.2) is 60.9 Å². The Hall–Kier alpha value is -2.86. The predicted molar refractivity (Wildman–Crippen MR) is 126 cm³/mol. The number of carbonyl (C=O) groups is 2. The zero-order chi connectivity index (χ0) is 23.1. The second kappa shape index (κ2) is 11.1. The van der Waals surface area contributed by atoms with Gasteiger partial charge in [-0.25, -0.2) is 0 Å². The number of amides is 2. The van der Waals surface area contributed by atoms with Gasteiger partial charge in [0.2, 0.25) is 11.8 Å². The van der Waals surface area contributed by atoms with Gasteiger partial charge in [-0.3, -0.25) is 9.59 Å². The number of nitrogens with one attached hydrogen (secondary N) is 1. The average Bonchev–Trinajstić information content (AvgIpc) is 2.97. The van der Waals surface area contributed by atoms with E-state index in [1.54, 1.807) is 0 Å². The molecule has 0 aromatic heterocycles. The highest BCUT2D eigenvalue weighted by Gasteiger charge is 2.34. The van der Waals surface area contributed by atoms with Gasteiger partial charge in [-0.2, -0.15) is 0 Å².